The molecule has 0 amide bonds. The van der Waals surface area contributed by atoms with E-state index < -0.39 is 5.82 Å². The molecule has 5 nitrogen and oxygen atoms in total. The van der Waals surface area contributed by atoms with Crippen LogP contribution in [0.2, 0.25) is 0 Å². The van der Waals surface area contributed by atoms with Crippen LogP contribution in [0, 0.1) is 5.82 Å². The number of para-hydroxylation sites is 1. The zero-order valence-corrected chi connectivity index (χ0v) is 8.60. The predicted octanol–water partition coefficient (Wildman–Crippen LogP) is 1.11. The molecule has 84 valence electrons. The summed E-state index contributed by atoms with van der Waals surface area (Å²) >= 11 is 0. The van der Waals surface area contributed by atoms with Crippen molar-refractivity contribution in [3.8, 4) is 0 Å². The molecule has 2 rings (SSSR count). The third kappa shape index (κ3) is 2.28. The monoisotopic (exact) mass is 221 g/mol. The highest BCUT2D eigenvalue weighted by Gasteiger charge is 2.02. The third-order valence-corrected chi connectivity index (χ3v) is 2.18. The molecule has 1 aromatic carbocycles. The zero-order chi connectivity index (χ0) is 11.4. The molecule has 0 saturated heterocycles. The van der Waals surface area contributed by atoms with Crippen LogP contribution in [0.25, 0.3) is 0 Å². The van der Waals surface area contributed by atoms with Crippen LogP contribution in [0.4, 0.5) is 15.8 Å². The Hall–Kier alpha value is -2.11. The van der Waals surface area contributed by atoms with E-state index in [4.69, 9.17) is 5.73 Å². The van der Waals surface area contributed by atoms with Crippen LogP contribution in [0.3, 0.4) is 0 Å². The van der Waals surface area contributed by atoms with Crippen molar-refractivity contribution >= 4 is 11.4 Å². The molecule has 0 saturated carbocycles. The standard InChI is InChI=1S/C10H12FN5/c11-8-2-1-3-9(10(8)12)13-4-6-16-7-5-14-15-16/h1-3,5,7,13H,4,6,12H2. The van der Waals surface area contributed by atoms with Gasteiger partial charge in [0.2, 0.25) is 0 Å². The number of nitrogen functional groups attached to an aromatic ring is 1. The number of aromatic nitrogens is 3. The summed E-state index contributed by atoms with van der Waals surface area (Å²) in [6, 6.07) is 4.68. The van der Waals surface area contributed by atoms with Crippen LogP contribution >= 0.6 is 0 Å². The van der Waals surface area contributed by atoms with Crippen molar-refractivity contribution in [2.24, 2.45) is 0 Å². The van der Waals surface area contributed by atoms with E-state index in [-0.39, 0.29) is 5.69 Å². The molecule has 6 heteroatoms. The molecule has 0 aliphatic heterocycles. The Morgan fingerprint density at radius 3 is 3.06 bits per heavy atom. The minimum Gasteiger partial charge on any atom is -0.395 e. The molecule has 0 atom stereocenters. The molecule has 1 heterocycles. The molecular weight excluding hydrogens is 209 g/mol. The lowest BCUT2D eigenvalue weighted by Crippen LogP contribution is -2.12. The Bertz CT molecular complexity index is 454. The molecule has 0 bridgehead atoms. The quantitative estimate of drug-likeness (QED) is 0.759. The first-order valence-electron chi connectivity index (χ1n) is 4.89. The van der Waals surface area contributed by atoms with Gasteiger partial charge in [-0.15, -0.1) is 5.10 Å². The second kappa shape index (κ2) is 4.61. The molecule has 2 aromatic rings. The number of halogens is 1. The highest BCUT2D eigenvalue weighted by molar-refractivity contribution is 5.66. The fourth-order valence-corrected chi connectivity index (χ4v) is 1.35. The lowest BCUT2D eigenvalue weighted by molar-refractivity contribution is 0.608. The van der Waals surface area contributed by atoms with Crippen molar-refractivity contribution in [3.63, 3.8) is 0 Å². The van der Waals surface area contributed by atoms with E-state index in [0.717, 1.165) is 0 Å². The number of hydrogen-bond donors (Lipinski definition) is 2. The molecule has 0 aliphatic carbocycles. The maximum absolute atomic E-state index is 13.1. The minimum absolute atomic E-state index is 0.140. The average Bonchev–Trinajstić information content (AvgIpc) is 2.77. The van der Waals surface area contributed by atoms with Crippen LogP contribution in [0.5, 0.6) is 0 Å². The van der Waals surface area contributed by atoms with Gasteiger partial charge in [0.15, 0.2) is 0 Å². The topological polar surface area (TPSA) is 68.8 Å². The molecule has 0 spiro atoms. The highest BCUT2D eigenvalue weighted by Crippen LogP contribution is 2.20. The molecular formula is C10H12FN5. The number of nitrogens with one attached hydrogen (secondary N) is 1. The Morgan fingerprint density at radius 1 is 1.44 bits per heavy atom. The number of nitrogens with two attached hydrogens (primary N) is 1. The molecule has 1 aromatic heterocycles. The number of hydrogen-bond acceptors (Lipinski definition) is 4. The van der Waals surface area contributed by atoms with Gasteiger partial charge in [-0.1, -0.05) is 11.3 Å². The van der Waals surface area contributed by atoms with Gasteiger partial charge in [-0.3, -0.25) is 4.68 Å². The van der Waals surface area contributed by atoms with E-state index in [2.05, 4.69) is 15.6 Å². The highest BCUT2D eigenvalue weighted by atomic mass is 19.1. The van der Waals surface area contributed by atoms with Crippen molar-refractivity contribution in [1.82, 2.24) is 15.0 Å². The first-order valence-corrected chi connectivity index (χ1v) is 4.89. The molecule has 0 fully saturated rings. The SMILES string of the molecule is Nc1c(F)cccc1NCCn1ccnn1. The smallest absolute Gasteiger partial charge is 0.148 e. The second-order valence-electron chi connectivity index (χ2n) is 3.29. The maximum Gasteiger partial charge on any atom is 0.148 e. The molecule has 3 N–H and O–H groups in total. The predicted molar refractivity (Wildman–Crippen MR) is 59.3 cm³/mol. The number of nitrogens with zero attached hydrogens (tertiary/aromatic N) is 3. The van der Waals surface area contributed by atoms with Crippen LogP contribution in [0.15, 0.2) is 30.6 Å². The lowest BCUT2D eigenvalue weighted by Gasteiger charge is -2.09. The first-order chi connectivity index (χ1) is 7.77. The van der Waals surface area contributed by atoms with Crippen molar-refractivity contribution < 1.29 is 4.39 Å². The molecule has 16 heavy (non-hydrogen) atoms. The summed E-state index contributed by atoms with van der Waals surface area (Å²) in [4.78, 5) is 0. The second-order valence-corrected chi connectivity index (χ2v) is 3.29. The molecule has 0 unspecified atom stereocenters. The maximum atomic E-state index is 13.1. The fourth-order valence-electron chi connectivity index (χ4n) is 1.35. The summed E-state index contributed by atoms with van der Waals surface area (Å²) in [6.45, 7) is 1.26. The van der Waals surface area contributed by atoms with Crippen molar-refractivity contribution in [1.29, 1.82) is 0 Å². The van der Waals surface area contributed by atoms with E-state index in [1.165, 1.54) is 6.07 Å². The number of anilines is 2. The zero-order valence-electron chi connectivity index (χ0n) is 8.60. The minimum atomic E-state index is -0.411. The summed E-state index contributed by atoms with van der Waals surface area (Å²) in [5.41, 5.74) is 6.31. The fraction of sp³-hybridized carbons (Fsp3) is 0.200. The molecule has 0 aliphatic rings. The number of benzene rings is 1. The first kappa shape index (κ1) is 10.4. The Kier molecular flexibility index (Phi) is 3.00. The van der Waals surface area contributed by atoms with Gasteiger partial charge < -0.3 is 11.1 Å². The summed E-state index contributed by atoms with van der Waals surface area (Å²) in [5, 5.41) is 10.5. The van der Waals surface area contributed by atoms with Gasteiger partial charge in [-0.05, 0) is 12.1 Å². The summed E-state index contributed by atoms with van der Waals surface area (Å²) in [5.74, 6) is -0.411. The van der Waals surface area contributed by atoms with Gasteiger partial charge in [0, 0.05) is 12.7 Å². The van der Waals surface area contributed by atoms with E-state index >= 15 is 0 Å². The van der Waals surface area contributed by atoms with E-state index in [9.17, 15) is 4.39 Å². The Labute approximate surface area is 92.1 Å². The van der Waals surface area contributed by atoms with Crippen LogP contribution < -0.4 is 11.1 Å². The molecule has 0 radical (unpaired) electrons. The van der Waals surface area contributed by atoms with Crippen LogP contribution in [-0.4, -0.2) is 21.5 Å². The Morgan fingerprint density at radius 2 is 2.31 bits per heavy atom. The average molecular weight is 221 g/mol. The third-order valence-electron chi connectivity index (χ3n) is 2.18. The summed E-state index contributed by atoms with van der Waals surface area (Å²) in [7, 11) is 0. The van der Waals surface area contributed by atoms with Crippen molar-refractivity contribution in [2.75, 3.05) is 17.6 Å². The lowest BCUT2D eigenvalue weighted by atomic mass is 10.2. The summed E-state index contributed by atoms with van der Waals surface area (Å²) in [6.07, 6.45) is 3.37. The van der Waals surface area contributed by atoms with Crippen LogP contribution in [-0.2, 0) is 6.54 Å². The van der Waals surface area contributed by atoms with Gasteiger partial charge in [-0.2, -0.15) is 0 Å². The van der Waals surface area contributed by atoms with Crippen LogP contribution in [0.1, 0.15) is 0 Å². The normalized spacial score (nSPS) is 10.3. The van der Waals surface area contributed by atoms with E-state index in [0.29, 0.717) is 18.8 Å². The van der Waals surface area contributed by atoms with E-state index in [1.807, 2.05) is 0 Å². The van der Waals surface area contributed by atoms with Gasteiger partial charge in [-0.25, -0.2) is 4.39 Å². The number of rotatable bonds is 4. The van der Waals surface area contributed by atoms with Gasteiger partial charge >= 0.3 is 0 Å². The largest absolute Gasteiger partial charge is 0.395 e. The van der Waals surface area contributed by atoms with E-state index in [1.54, 1.807) is 29.2 Å². The van der Waals surface area contributed by atoms with Gasteiger partial charge in [0.25, 0.3) is 0 Å². The van der Waals surface area contributed by atoms with Crippen molar-refractivity contribution in [3.05, 3.63) is 36.4 Å². The summed E-state index contributed by atoms with van der Waals surface area (Å²) < 4.78 is 14.8. The van der Waals surface area contributed by atoms with Crippen molar-refractivity contribution in [2.45, 2.75) is 6.54 Å². The van der Waals surface area contributed by atoms with Gasteiger partial charge in [0.05, 0.1) is 24.1 Å². The Balaban J connectivity index is 1.92. The van der Waals surface area contributed by atoms with Gasteiger partial charge in [0.1, 0.15) is 5.82 Å².